The van der Waals surface area contributed by atoms with Crippen molar-refractivity contribution in [1.82, 2.24) is 4.90 Å². The third-order valence-electron chi connectivity index (χ3n) is 1.38. The third kappa shape index (κ3) is 18.3. The van der Waals surface area contributed by atoms with Crippen LogP contribution in [0.15, 0.2) is 12.2 Å². The number of primary amides is 1. The van der Waals surface area contributed by atoms with Gasteiger partial charge in [0.25, 0.3) is 0 Å². The quantitative estimate of drug-likeness (QED) is 0.674. The smallest absolute Gasteiger partial charge is 0.243 e. The molecule has 0 radical (unpaired) electrons. The molecule has 0 aromatic rings. The van der Waals surface area contributed by atoms with Crippen molar-refractivity contribution in [2.24, 2.45) is 5.73 Å². The van der Waals surface area contributed by atoms with Crippen molar-refractivity contribution in [3.05, 3.63) is 12.2 Å². The Morgan fingerprint density at radius 1 is 1.46 bits per heavy atom. The Kier molecular flexibility index (Phi) is 10.5. The fraction of sp³-hybridized carbons (Fsp3) is 0.700. The first kappa shape index (κ1) is 14.7. The van der Waals surface area contributed by atoms with Crippen molar-refractivity contribution in [1.29, 1.82) is 0 Å². The Bertz CT molecular complexity index is 141. The number of unbranched alkanes of at least 4 members (excludes halogenated alkanes) is 1. The lowest BCUT2D eigenvalue weighted by atomic mass is 10.3. The molecular weight excluding hydrogens is 164 g/mol. The standard InChI is InChI=1S/C6H15N.C4H7NO/c1-4-5-6-7(2)3;1-3(2)4(5)6/h4-6H2,1-3H3;1H2,2H3,(H2,5,6). The van der Waals surface area contributed by atoms with E-state index < -0.39 is 5.91 Å². The summed E-state index contributed by atoms with van der Waals surface area (Å²) < 4.78 is 0. The fourth-order valence-corrected chi connectivity index (χ4v) is 0.474. The van der Waals surface area contributed by atoms with E-state index in [0.29, 0.717) is 5.57 Å². The Labute approximate surface area is 81.6 Å². The number of nitrogens with zero attached hydrogens (tertiary/aromatic N) is 1. The van der Waals surface area contributed by atoms with Crippen LogP contribution in [0.2, 0.25) is 0 Å². The third-order valence-corrected chi connectivity index (χ3v) is 1.38. The summed E-state index contributed by atoms with van der Waals surface area (Å²) in [7, 11) is 4.21. The molecule has 13 heavy (non-hydrogen) atoms. The molecule has 3 nitrogen and oxygen atoms in total. The summed E-state index contributed by atoms with van der Waals surface area (Å²) in [5.41, 5.74) is 5.09. The van der Waals surface area contributed by atoms with E-state index in [1.807, 2.05) is 0 Å². The lowest BCUT2D eigenvalue weighted by Crippen LogP contribution is -2.12. The minimum absolute atomic E-state index is 0.398. The Hall–Kier alpha value is -0.830. The van der Waals surface area contributed by atoms with Crippen LogP contribution in [0.5, 0.6) is 0 Å². The average molecular weight is 186 g/mol. The van der Waals surface area contributed by atoms with Gasteiger partial charge in [-0.05, 0) is 34.0 Å². The molecule has 0 bridgehead atoms. The Balaban J connectivity index is 0. The first-order valence-electron chi connectivity index (χ1n) is 4.51. The van der Waals surface area contributed by atoms with Crippen LogP contribution in [0.25, 0.3) is 0 Å². The predicted molar refractivity (Wildman–Crippen MR) is 57.5 cm³/mol. The molecule has 0 aromatic heterocycles. The van der Waals surface area contributed by atoms with Crippen LogP contribution in [-0.4, -0.2) is 31.4 Å². The van der Waals surface area contributed by atoms with Gasteiger partial charge in [0, 0.05) is 5.57 Å². The van der Waals surface area contributed by atoms with Gasteiger partial charge in [0.1, 0.15) is 0 Å². The molecule has 3 heteroatoms. The highest BCUT2D eigenvalue weighted by molar-refractivity contribution is 5.90. The van der Waals surface area contributed by atoms with Crippen molar-refractivity contribution < 1.29 is 4.79 Å². The molecule has 0 saturated heterocycles. The summed E-state index contributed by atoms with van der Waals surface area (Å²) in [6, 6.07) is 0. The summed E-state index contributed by atoms with van der Waals surface area (Å²) in [6.45, 7) is 8.30. The number of carbonyl (C=O) groups is 1. The molecule has 0 aliphatic carbocycles. The van der Waals surface area contributed by atoms with Gasteiger partial charge in [-0.15, -0.1) is 0 Å². The maximum atomic E-state index is 9.82. The van der Waals surface area contributed by atoms with Crippen LogP contribution in [-0.2, 0) is 4.79 Å². The second kappa shape index (κ2) is 9.26. The molecule has 0 saturated carbocycles. The highest BCUT2D eigenvalue weighted by Crippen LogP contribution is 1.86. The largest absolute Gasteiger partial charge is 0.366 e. The van der Waals surface area contributed by atoms with E-state index in [1.165, 1.54) is 19.4 Å². The van der Waals surface area contributed by atoms with Crippen LogP contribution in [0.4, 0.5) is 0 Å². The molecule has 78 valence electrons. The SMILES string of the molecule is C=C(C)C(N)=O.CCCCN(C)C. The predicted octanol–water partition coefficient (Wildman–Crippen LogP) is 1.40. The molecule has 0 heterocycles. The minimum Gasteiger partial charge on any atom is -0.366 e. The molecule has 0 aliphatic rings. The Morgan fingerprint density at radius 3 is 1.92 bits per heavy atom. The molecule has 0 aliphatic heterocycles. The molecule has 1 amide bonds. The molecule has 0 atom stereocenters. The molecule has 0 fully saturated rings. The zero-order valence-corrected chi connectivity index (χ0v) is 9.26. The van der Waals surface area contributed by atoms with Crippen molar-refractivity contribution in [2.45, 2.75) is 26.7 Å². The molecular formula is C10H22N2O. The number of hydrogen-bond donors (Lipinski definition) is 1. The first-order chi connectivity index (χ1) is 5.91. The van der Waals surface area contributed by atoms with E-state index >= 15 is 0 Å². The maximum absolute atomic E-state index is 9.82. The van der Waals surface area contributed by atoms with Gasteiger partial charge in [0.05, 0.1) is 0 Å². The van der Waals surface area contributed by atoms with E-state index in [4.69, 9.17) is 5.73 Å². The van der Waals surface area contributed by atoms with E-state index in [1.54, 1.807) is 6.92 Å². The lowest BCUT2D eigenvalue weighted by molar-refractivity contribution is -0.114. The molecule has 0 unspecified atom stereocenters. The highest BCUT2D eigenvalue weighted by atomic mass is 16.1. The topological polar surface area (TPSA) is 46.3 Å². The Morgan fingerprint density at radius 2 is 1.85 bits per heavy atom. The number of rotatable bonds is 4. The zero-order chi connectivity index (χ0) is 10.9. The molecule has 2 N–H and O–H groups in total. The van der Waals surface area contributed by atoms with Gasteiger partial charge in [-0.1, -0.05) is 19.9 Å². The van der Waals surface area contributed by atoms with E-state index in [9.17, 15) is 4.79 Å². The average Bonchev–Trinajstić information content (AvgIpc) is 2.01. The highest BCUT2D eigenvalue weighted by Gasteiger charge is 1.86. The summed E-state index contributed by atoms with van der Waals surface area (Å²) in [5.74, 6) is -0.435. The van der Waals surface area contributed by atoms with Gasteiger partial charge >= 0.3 is 0 Å². The van der Waals surface area contributed by atoms with Crippen LogP contribution >= 0.6 is 0 Å². The van der Waals surface area contributed by atoms with Crippen LogP contribution in [0.3, 0.4) is 0 Å². The van der Waals surface area contributed by atoms with Crippen molar-refractivity contribution in [3.8, 4) is 0 Å². The lowest BCUT2D eigenvalue weighted by Gasteiger charge is -2.05. The van der Waals surface area contributed by atoms with Crippen molar-refractivity contribution in [2.75, 3.05) is 20.6 Å². The van der Waals surface area contributed by atoms with Gasteiger partial charge < -0.3 is 10.6 Å². The van der Waals surface area contributed by atoms with Crippen LogP contribution < -0.4 is 5.73 Å². The number of hydrogen-bond acceptors (Lipinski definition) is 2. The second-order valence-corrected chi connectivity index (χ2v) is 3.30. The normalized spacial score (nSPS) is 9.00. The van der Waals surface area contributed by atoms with Crippen molar-refractivity contribution in [3.63, 3.8) is 0 Å². The minimum atomic E-state index is -0.435. The summed E-state index contributed by atoms with van der Waals surface area (Å²) in [5, 5.41) is 0. The van der Waals surface area contributed by atoms with E-state index in [-0.39, 0.29) is 0 Å². The molecule has 0 aromatic carbocycles. The molecule has 0 spiro atoms. The van der Waals surface area contributed by atoms with E-state index in [0.717, 1.165) is 0 Å². The monoisotopic (exact) mass is 186 g/mol. The number of carbonyl (C=O) groups excluding carboxylic acids is 1. The van der Waals surface area contributed by atoms with E-state index in [2.05, 4.69) is 32.5 Å². The second-order valence-electron chi connectivity index (χ2n) is 3.30. The summed E-state index contributed by atoms with van der Waals surface area (Å²) >= 11 is 0. The van der Waals surface area contributed by atoms with Gasteiger partial charge in [-0.3, -0.25) is 4.79 Å². The van der Waals surface area contributed by atoms with Crippen LogP contribution in [0.1, 0.15) is 26.7 Å². The molecule has 0 rings (SSSR count). The zero-order valence-electron chi connectivity index (χ0n) is 9.26. The summed E-state index contributed by atoms with van der Waals surface area (Å²) in [6.07, 6.45) is 2.63. The summed E-state index contributed by atoms with van der Waals surface area (Å²) in [4.78, 5) is 12.0. The maximum Gasteiger partial charge on any atom is 0.243 e. The van der Waals surface area contributed by atoms with Gasteiger partial charge in [0.15, 0.2) is 0 Å². The van der Waals surface area contributed by atoms with Gasteiger partial charge in [-0.25, -0.2) is 0 Å². The first-order valence-corrected chi connectivity index (χ1v) is 4.51. The van der Waals surface area contributed by atoms with Gasteiger partial charge in [-0.2, -0.15) is 0 Å². The fourth-order valence-electron chi connectivity index (χ4n) is 0.474. The number of amides is 1. The van der Waals surface area contributed by atoms with Crippen molar-refractivity contribution >= 4 is 5.91 Å². The number of nitrogens with two attached hydrogens (primary N) is 1. The van der Waals surface area contributed by atoms with Gasteiger partial charge in [0.2, 0.25) is 5.91 Å². The van der Waals surface area contributed by atoms with Crippen LogP contribution in [0, 0.1) is 0 Å².